The standard InChI is InChI=1S/C19H23NO2/c1-12-6-7-13(2)15(10-12)18(22)20-16-11-14(19(3,4)5)8-9-17(16)21/h6-11,21H,1-5H3,(H,20,22). The molecule has 0 spiro atoms. The van der Waals surface area contributed by atoms with Crippen molar-refractivity contribution in [3.05, 3.63) is 58.7 Å². The maximum Gasteiger partial charge on any atom is 0.256 e. The minimum atomic E-state index is -0.206. The Bertz CT molecular complexity index is 712. The summed E-state index contributed by atoms with van der Waals surface area (Å²) in [5.41, 5.74) is 4.02. The number of anilines is 1. The summed E-state index contributed by atoms with van der Waals surface area (Å²) in [5, 5.41) is 12.8. The molecular formula is C19H23NO2. The highest BCUT2D eigenvalue weighted by molar-refractivity contribution is 6.06. The van der Waals surface area contributed by atoms with Crippen LogP contribution in [0.2, 0.25) is 0 Å². The molecule has 0 heterocycles. The third-order valence-electron chi connectivity index (χ3n) is 3.75. The average Bonchev–Trinajstić information content (AvgIpc) is 2.42. The Balaban J connectivity index is 2.34. The lowest BCUT2D eigenvalue weighted by Crippen LogP contribution is -2.16. The van der Waals surface area contributed by atoms with Gasteiger partial charge in [-0.3, -0.25) is 4.79 Å². The van der Waals surface area contributed by atoms with Crippen LogP contribution in [-0.2, 0) is 5.41 Å². The Morgan fingerprint density at radius 3 is 2.36 bits per heavy atom. The molecule has 3 heteroatoms. The van der Waals surface area contributed by atoms with E-state index in [0.717, 1.165) is 16.7 Å². The predicted molar refractivity (Wildman–Crippen MR) is 90.7 cm³/mol. The number of phenolic OH excluding ortho intramolecular Hbond substituents is 1. The van der Waals surface area contributed by atoms with Crippen LogP contribution in [0.4, 0.5) is 5.69 Å². The second-order valence-electron chi connectivity index (χ2n) is 6.75. The van der Waals surface area contributed by atoms with E-state index in [0.29, 0.717) is 11.3 Å². The lowest BCUT2D eigenvalue weighted by atomic mass is 9.87. The fourth-order valence-corrected chi connectivity index (χ4v) is 2.27. The summed E-state index contributed by atoms with van der Waals surface area (Å²) in [6, 6.07) is 11.1. The zero-order valence-corrected chi connectivity index (χ0v) is 13.8. The van der Waals surface area contributed by atoms with E-state index in [1.165, 1.54) is 0 Å². The van der Waals surface area contributed by atoms with Crippen LogP contribution in [0, 0.1) is 13.8 Å². The molecule has 0 aromatic heterocycles. The van der Waals surface area contributed by atoms with Crippen LogP contribution in [0.15, 0.2) is 36.4 Å². The van der Waals surface area contributed by atoms with Gasteiger partial charge < -0.3 is 10.4 Å². The van der Waals surface area contributed by atoms with Crippen LogP contribution in [0.3, 0.4) is 0 Å². The van der Waals surface area contributed by atoms with Crippen molar-refractivity contribution in [2.75, 3.05) is 5.32 Å². The second-order valence-corrected chi connectivity index (χ2v) is 6.75. The number of phenols is 1. The molecule has 2 aromatic rings. The van der Waals surface area contributed by atoms with Crippen LogP contribution in [-0.4, -0.2) is 11.0 Å². The van der Waals surface area contributed by atoms with E-state index in [4.69, 9.17) is 0 Å². The van der Waals surface area contributed by atoms with E-state index < -0.39 is 0 Å². The highest BCUT2D eigenvalue weighted by Crippen LogP contribution is 2.31. The first kappa shape index (κ1) is 16.1. The van der Waals surface area contributed by atoms with Gasteiger partial charge in [0.05, 0.1) is 5.69 Å². The molecule has 0 radical (unpaired) electrons. The van der Waals surface area contributed by atoms with Crippen molar-refractivity contribution in [2.24, 2.45) is 0 Å². The molecule has 0 fully saturated rings. The number of aromatic hydroxyl groups is 1. The molecule has 0 saturated heterocycles. The number of hydrogen-bond acceptors (Lipinski definition) is 2. The first-order chi connectivity index (χ1) is 10.2. The van der Waals surface area contributed by atoms with Gasteiger partial charge in [0.1, 0.15) is 5.75 Å². The van der Waals surface area contributed by atoms with Crippen molar-refractivity contribution in [1.82, 2.24) is 0 Å². The smallest absolute Gasteiger partial charge is 0.256 e. The number of nitrogens with one attached hydrogen (secondary N) is 1. The van der Waals surface area contributed by atoms with Crippen LogP contribution in [0.1, 0.15) is 47.8 Å². The minimum absolute atomic E-state index is 0.0492. The molecule has 2 rings (SSSR count). The van der Waals surface area contributed by atoms with Gasteiger partial charge in [-0.15, -0.1) is 0 Å². The summed E-state index contributed by atoms with van der Waals surface area (Å²) >= 11 is 0. The molecule has 2 aromatic carbocycles. The van der Waals surface area contributed by atoms with Gasteiger partial charge in [-0.05, 0) is 48.6 Å². The number of carbonyl (C=O) groups is 1. The topological polar surface area (TPSA) is 49.3 Å². The van der Waals surface area contributed by atoms with Crippen LogP contribution >= 0.6 is 0 Å². The van der Waals surface area contributed by atoms with Crippen molar-refractivity contribution in [1.29, 1.82) is 0 Å². The molecule has 0 bridgehead atoms. The fraction of sp³-hybridized carbons (Fsp3) is 0.316. The highest BCUT2D eigenvalue weighted by atomic mass is 16.3. The molecule has 0 saturated carbocycles. The number of benzene rings is 2. The van der Waals surface area contributed by atoms with Gasteiger partial charge in [0.15, 0.2) is 0 Å². The lowest BCUT2D eigenvalue weighted by Gasteiger charge is -2.20. The van der Waals surface area contributed by atoms with E-state index in [1.807, 2.05) is 44.2 Å². The number of amides is 1. The van der Waals surface area contributed by atoms with Crippen molar-refractivity contribution in [2.45, 2.75) is 40.0 Å². The fourth-order valence-electron chi connectivity index (χ4n) is 2.27. The van der Waals surface area contributed by atoms with Crippen molar-refractivity contribution >= 4 is 11.6 Å². The lowest BCUT2D eigenvalue weighted by molar-refractivity contribution is 0.102. The molecule has 116 valence electrons. The Morgan fingerprint density at radius 2 is 1.73 bits per heavy atom. The molecule has 3 nitrogen and oxygen atoms in total. The van der Waals surface area contributed by atoms with Crippen LogP contribution in [0.5, 0.6) is 5.75 Å². The molecule has 2 N–H and O–H groups in total. The summed E-state index contributed by atoms with van der Waals surface area (Å²) in [6.45, 7) is 10.1. The number of hydrogen-bond donors (Lipinski definition) is 2. The van der Waals surface area contributed by atoms with Gasteiger partial charge in [0.2, 0.25) is 0 Å². The number of rotatable bonds is 2. The predicted octanol–water partition coefficient (Wildman–Crippen LogP) is 4.56. The summed E-state index contributed by atoms with van der Waals surface area (Å²) in [7, 11) is 0. The summed E-state index contributed by atoms with van der Waals surface area (Å²) in [4.78, 5) is 12.5. The van der Waals surface area contributed by atoms with E-state index in [2.05, 4.69) is 26.1 Å². The summed E-state index contributed by atoms with van der Waals surface area (Å²) < 4.78 is 0. The highest BCUT2D eigenvalue weighted by Gasteiger charge is 2.17. The van der Waals surface area contributed by atoms with Gasteiger partial charge in [-0.2, -0.15) is 0 Å². The van der Waals surface area contributed by atoms with E-state index in [1.54, 1.807) is 6.07 Å². The van der Waals surface area contributed by atoms with E-state index >= 15 is 0 Å². The maximum absolute atomic E-state index is 12.5. The Morgan fingerprint density at radius 1 is 1.05 bits per heavy atom. The van der Waals surface area contributed by atoms with E-state index in [9.17, 15) is 9.90 Å². The summed E-state index contributed by atoms with van der Waals surface area (Å²) in [5.74, 6) is -0.130. The van der Waals surface area contributed by atoms with Crippen LogP contribution < -0.4 is 5.32 Å². The van der Waals surface area contributed by atoms with Crippen molar-refractivity contribution < 1.29 is 9.90 Å². The average molecular weight is 297 g/mol. The second kappa shape index (κ2) is 5.84. The SMILES string of the molecule is Cc1ccc(C)c(C(=O)Nc2cc(C(C)(C)C)ccc2O)c1. The van der Waals surface area contributed by atoms with Crippen molar-refractivity contribution in [3.8, 4) is 5.75 Å². The molecule has 22 heavy (non-hydrogen) atoms. The number of aryl methyl sites for hydroxylation is 2. The molecule has 0 aliphatic carbocycles. The van der Waals surface area contributed by atoms with Gasteiger partial charge >= 0.3 is 0 Å². The van der Waals surface area contributed by atoms with Gasteiger partial charge in [0, 0.05) is 5.56 Å². The van der Waals surface area contributed by atoms with Gasteiger partial charge in [0.25, 0.3) is 5.91 Å². The number of carbonyl (C=O) groups excluding carboxylic acids is 1. The third-order valence-corrected chi connectivity index (χ3v) is 3.75. The Hall–Kier alpha value is -2.29. The van der Waals surface area contributed by atoms with E-state index in [-0.39, 0.29) is 17.1 Å². The first-order valence-electron chi connectivity index (χ1n) is 7.40. The molecule has 0 aliphatic rings. The summed E-state index contributed by atoms with van der Waals surface area (Å²) in [6.07, 6.45) is 0. The third kappa shape index (κ3) is 3.48. The quantitative estimate of drug-likeness (QED) is 0.798. The van der Waals surface area contributed by atoms with Gasteiger partial charge in [-0.25, -0.2) is 0 Å². The largest absolute Gasteiger partial charge is 0.506 e. The molecule has 0 unspecified atom stereocenters. The van der Waals surface area contributed by atoms with Gasteiger partial charge in [-0.1, -0.05) is 44.5 Å². The minimum Gasteiger partial charge on any atom is -0.506 e. The molecular weight excluding hydrogens is 274 g/mol. The molecule has 0 aliphatic heterocycles. The normalized spacial score (nSPS) is 11.3. The van der Waals surface area contributed by atoms with Crippen molar-refractivity contribution in [3.63, 3.8) is 0 Å². The monoisotopic (exact) mass is 297 g/mol. The Kier molecular flexibility index (Phi) is 4.27. The zero-order chi connectivity index (χ0) is 16.5. The molecule has 1 amide bonds. The zero-order valence-electron chi connectivity index (χ0n) is 13.8. The first-order valence-corrected chi connectivity index (χ1v) is 7.40. The molecule has 0 atom stereocenters. The maximum atomic E-state index is 12.5. The van der Waals surface area contributed by atoms with Crippen LogP contribution in [0.25, 0.3) is 0 Å². The Labute approximate surface area is 132 Å².